The third-order valence-electron chi connectivity index (χ3n) is 3.47. The van der Waals surface area contributed by atoms with Crippen LogP contribution in [0.15, 0.2) is 18.2 Å². The lowest BCUT2D eigenvalue weighted by molar-refractivity contribution is -0.121. The first-order valence-corrected chi connectivity index (χ1v) is 6.69. The highest BCUT2D eigenvalue weighted by molar-refractivity contribution is 5.75. The molecule has 0 bridgehead atoms. The Kier molecular flexibility index (Phi) is 3.55. The Bertz CT molecular complexity index is 464. The highest BCUT2D eigenvalue weighted by Gasteiger charge is 2.15. The number of fused-ring (bicyclic) bond motifs is 1. The molecule has 1 aromatic carbocycles. The Balaban J connectivity index is 1.62. The highest BCUT2D eigenvalue weighted by atomic mass is 16.7. The fourth-order valence-corrected chi connectivity index (χ4v) is 2.47. The molecule has 102 valence electrons. The molecule has 0 saturated carbocycles. The summed E-state index contributed by atoms with van der Waals surface area (Å²) in [5.74, 6) is 1.82. The minimum Gasteiger partial charge on any atom is -0.454 e. The van der Waals surface area contributed by atoms with Gasteiger partial charge < -0.3 is 14.8 Å². The van der Waals surface area contributed by atoms with Crippen molar-refractivity contribution in [3.05, 3.63) is 23.8 Å². The van der Waals surface area contributed by atoms with Crippen LogP contribution < -0.4 is 14.8 Å². The fraction of sp³-hybridized carbons (Fsp3) is 0.500. The first-order chi connectivity index (χ1) is 9.31. The smallest absolute Gasteiger partial charge is 0.231 e. The number of ether oxygens (including phenoxy) is 2. The van der Waals surface area contributed by atoms with Gasteiger partial charge in [0.15, 0.2) is 11.5 Å². The fourth-order valence-electron chi connectivity index (χ4n) is 2.47. The van der Waals surface area contributed by atoms with Gasteiger partial charge in [-0.15, -0.1) is 0 Å². The van der Waals surface area contributed by atoms with E-state index in [1.807, 2.05) is 12.1 Å². The number of carbonyl (C=O) groups is 1. The minimum atomic E-state index is 0.169. The van der Waals surface area contributed by atoms with Crippen LogP contribution in [-0.2, 0) is 11.3 Å². The average molecular weight is 262 g/mol. The van der Waals surface area contributed by atoms with Crippen LogP contribution in [-0.4, -0.2) is 37.2 Å². The van der Waals surface area contributed by atoms with Gasteiger partial charge in [0.25, 0.3) is 0 Å². The van der Waals surface area contributed by atoms with Gasteiger partial charge in [0.1, 0.15) is 0 Å². The predicted molar refractivity (Wildman–Crippen MR) is 70.1 cm³/mol. The molecule has 2 heterocycles. The SMILES string of the molecule is O=C1CCCN(Cc2ccc3c(c2)OCO3)CCN1. The van der Waals surface area contributed by atoms with Crippen molar-refractivity contribution >= 4 is 5.91 Å². The standard InChI is InChI=1S/C14H18N2O3/c17-14-2-1-6-16(7-5-15-14)9-11-3-4-12-13(8-11)19-10-18-12/h3-4,8H,1-2,5-7,9-10H2,(H,15,17). The van der Waals surface area contributed by atoms with Gasteiger partial charge in [-0.3, -0.25) is 9.69 Å². The highest BCUT2D eigenvalue weighted by Crippen LogP contribution is 2.32. The number of nitrogens with zero attached hydrogens (tertiary/aromatic N) is 1. The molecule has 1 amide bonds. The summed E-state index contributed by atoms with van der Waals surface area (Å²) in [7, 11) is 0. The van der Waals surface area contributed by atoms with Crippen molar-refractivity contribution in [3.8, 4) is 11.5 Å². The molecular formula is C14H18N2O3. The van der Waals surface area contributed by atoms with E-state index < -0.39 is 0 Å². The third-order valence-corrected chi connectivity index (χ3v) is 3.47. The van der Waals surface area contributed by atoms with Crippen LogP contribution in [0.2, 0.25) is 0 Å². The van der Waals surface area contributed by atoms with E-state index in [9.17, 15) is 4.79 Å². The van der Waals surface area contributed by atoms with Crippen molar-refractivity contribution < 1.29 is 14.3 Å². The van der Waals surface area contributed by atoms with Gasteiger partial charge >= 0.3 is 0 Å². The molecule has 0 spiro atoms. The summed E-state index contributed by atoms with van der Waals surface area (Å²) >= 11 is 0. The topological polar surface area (TPSA) is 50.8 Å². The Hall–Kier alpha value is -1.75. The van der Waals surface area contributed by atoms with E-state index in [4.69, 9.17) is 9.47 Å². The number of rotatable bonds is 2. The number of nitrogens with one attached hydrogen (secondary N) is 1. The molecule has 0 unspecified atom stereocenters. The van der Waals surface area contributed by atoms with Gasteiger partial charge in [0.2, 0.25) is 12.7 Å². The van der Waals surface area contributed by atoms with Crippen molar-refractivity contribution in [2.24, 2.45) is 0 Å². The maximum absolute atomic E-state index is 11.3. The normalized spacial score (nSPS) is 19.7. The molecule has 1 fully saturated rings. The summed E-state index contributed by atoms with van der Waals surface area (Å²) in [5.41, 5.74) is 1.22. The largest absolute Gasteiger partial charge is 0.454 e. The molecule has 5 heteroatoms. The van der Waals surface area contributed by atoms with Crippen LogP contribution in [0.3, 0.4) is 0 Å². The zero-order valence-corrected chi connectivity index (χ0v) is 10.9. The summed E-state index contributed by atoms with van der Waals surface area (Å²) in [6.07, 6.45) is 1.54. The van der Waals surface area contributed by atoms with Crippen molar-refractivity contribution in [2.45, 2.75) is 19.4 Å². The maximum Gasteiger partial charge on any atom is 0.231 e. The van der Waals surface area contributed by atoms with Crippen molar-refractivity contribution in [1.29, 1.82) is 0 Å². The van der Waals surface area contributed by atoms with Gasteiger partial charge in [0, 0.05) is 26.1 Å². The molecule has 3 rings (SSSR count). The first-order valence-electron chi connectivity index (χ1n) is 6.69. The summed E-state index contributed by atoms with van der Waals surface area (Å²) in [6, 6.07) is 6.08. The minimum absolute atomic E-state index is 0.169. The second kappa shape index (κ2) is 5.48. The van der Waals surface area contributed by atoms with Crippen LogP contribution in [0, 0.1) is 0 Å². The molecule has 19 heavy (non-hydrogen) atoms. The Morgan fingerprint density at radius 2 is 2.11 bits per heavy atom. The number of benzene rings is 1. The lowest BCUT2D eigenvalue weighted by Crippen LogP contribution is -2.38. The Morgan fingerprint density at radius 3 is 3.05 bits per heavy atom. The Labute approximate surface area is 112 Å². The second-order valence-electron chi connectivity index (χ2n) is 4.92. The van der Waals surface area contributed by atoms with E-state index in [1.54, 1.807) is 0 Å². The molecular weight excluding hydrogens is 244 g/mol. The molecule has 2 aliphatic heterocycles. The molecule has 0 radical (unpaired) electrons. The van der Waals surface area contributed by atoms with Crippen molar-refractivity contribution in [2.75, 3.05) is 26.4 Å². The van der Waals surface area contributed by atoms with Crippen LogP contribution in [0.5, 0.6) is 11.5 Å². The summed E-state index contributed by atoms with van der Waals surface area (Å²) < 4.78 is 10.7. The lowest BCUT2D eigenvalue weighted by atomic mass is 10.1. The summed E-state index contributed by atoms with van der Waals surface area (Å²) in [4.78, 5) is 13.6. The van der Waals surface area contributed by atoms with Gasteiger partial charge in [-0.05, 0) is 30.7 Å². The van der Waals surface area contributed by atoms with Gasteiger partial charge in [0.05, 0.1) is 0 Å². The quantitative estimate of drug-likeness (QED) is 0.868. The third kappa shape index (κ3) is 2.98. The molecule has 5 nitrogen and oxygen atoms in total. The van der Waals surface area contributed by atoms with E-state index in [0.717, 1.165) is 44.1 Å². The summed E-state index contributed by atoms with van der Waals surface area (Å²) in [5, 5.41) is 2.92. The van der Waals surface area contributed by atoms with Crippen molar-refractivity contribution in [1.82, 2.24) is 10.2 Å². The van der Waals surface area contributed by atoms with Crippen LogP contribution >= 0.6 is 0 Å². The van der Waals surface area contributed by atoms with Gasteiger partial charge in [-0.25, -0.2) is 0 Å². The number of hydrogen-bond donors (Lipinski definition) is 1. The van der Waals surface area contributed by atoms with Crippen LogP contribution in [0.25, 0.3) is 0 Å². The predicted octanol–water partition coefficient (Wildman–Crippen LogP) is 1.13. The monoisotopic (exact) mass is 262 g/mol. The molecule has 2 aliphatic rings. The van der Waals surface area contributed by atoms with E-state index in [2.05, 4.69) is 16.3 Å². The maximum atomic E-state index is 11.3. The molecule has 1 N–H and O–H groups in total. The van der Waals surface area contributed by atoms with Crippen molar-refractivity contribution in [3.63, 3.8) is 0 Å². The first kappa shape index (κ1) is 12.3. The zero-order chi connectivity index (χ0) is 13.1. The van der Waals surface area contributed by atoms with E-state index in [1.165, 1.54) is 5.56 Å². The van der Waals surface area contributed by atoms with Gasteiger partial charge in [-0.1, -0.05) is 6.07 Å². The average Bonchev–Trinajstić information content (AvgIpc) is 2.83. The van der Waals surface area contributed by atoms with E-state index >= 15 is 0 Å². The number of hydrogen-bond acceptors (Lipinski definition) is 4. The summed E-state index contributed by atoms with van der Waals surface area (Å²) in [6.45, 7) is 3.77. The van der Waals surface area contributed by atoms with Crippen LogP contribution in [0.1, 0.15) is 18.4 Å². The zero-order valence-electron chi connectivity index (χ0n) is 10.9. The molecule has 0 aliphatic carbocycles. The second-order valence-corrected chi connectivity index (χ2v) is 4.92. The lowest BCUT2D eigenvalue weighted by Gasteiger charge is -2.24. The van der Waals surface area contributed by atoms with E-state index in [0.29, 0.717) is 13.2 Å². The molecule has 1 saturated heterocycles. The molecule has 1 aromatic rings. The molecule has 0 aromatic heterocycles. The van der Waals surface area contributed by atoms with Gasteiger partial charge in [-0.2, -0.15) is 0 Å². The van der Waals surface area contributed by atoms with E-state index in [-0.39, 0.29) is 5.91 Å². The molecule has 0 atom stereocenters. The Morgan fingerprint density at radius 1 is 1.21 bits per heavy atom. The number of amides is 1. The number of carbonyl (C=O) groups excluding carboxylic acids is 1. The van der Waals surface area contributed by atoms with Crippen LogP contribution in [0.4, 0.5) is 0 Å².